The van der Waals surface area contributed by atoms with Gasteiger partial charge in [-0.05, 0) is 24.3 Å². The maximum Gasteiger partial charge on any atom is 0.103 e. The van der Waals surface area contributed by atoms with Crippen LogP contribution >= 0.6 is 11.8 Å². The fourth-order valence-electron chi connectivity index (χ4n) is 2.32. The van der Waals surface area contributed by atoms with Gasteiger partial charge >= 0.3 is 0 Å². The molecule has 0 aliphatic heterocycles. The minimum absolute atomic E-state index is 0.267. The molecule has 2 rings (SSSR count). The lowest BCUT2D eigenvalue weighted by atomic mass is 9.92. The van der Waals surface area contributed by atoms with Gasteiger partial charge in [0.05, 0.1) is 16.8 Å². The van der Waals surface area contributed by atoms with E-state index in [1.165, 1.54) is 11.8 Å². The Labute approximate surface area is 122 Å². The molecule has 2 aromatic rings. The summed E-state index contributed by atoms with van der Waals surface area (Å²) in [5.41, 5.74) is 9.74. The maximum atomic E-state index is 9.42. The first kappa shape index (κ1) is 14.0. The molecule has 4 heteroatoms. The van der Waals surface area contributed by atoms with E-state index in [9.17, 15) is 10.5 Å². The van der Waals surface area contributed by atoms with Crippen LogP contribution in [0.3, 0.4) is 0 Å². The van der Waals surface area contributed by atoms with Crippen LogP contribution in [0.15, 0.2) is 35.2 Å². The molecule has 0 amide bonds. The summed E-state index contributed by atoms with van der Waals surface area (Å²) in [5, 5.41) is 18.7. The lowest BCUT2D eigenvalue weighted by Crippen LogP contribution is -2.03. The summed E-state index contributed by atoms with van der Waals surface area (Å²) in [6.07, 6.45) is 1.91. The second-order valence-corrected chi connectivity index (χ2v) is 5.10. The molecular formula is C16H13N3S. The Hall–Kier alpha value is -2.43. The fraction of sp³-hybridized carbons (Fsp3) is 0.125. The van der Waals surface area contributed by atoms with Gasteiger partial charge in [0.25, 0.3) is 0 Å². The standard InChI is InChI=1S/C16H13N3S/c1-10-14(11-6-4-3-5-7-11)12(8-17)15(19)13(9-18)16(10)20-2/h3-7H,19H2,1-2H3. The molecule has 0 bridgehead atoms. The summed E-state index contributed by atoms with van der Waals surface area (Å²) in [4.78, 5) is 0.836. The zero-order valence-electron chi connectivity index (χ0n) is 11.3. The zero-order chi connectivity index (χ0) is 14.7. The highest BCUT2D eigenvalue weighted by atomic mass is 32.2. The summed E-state index contributed by atoms with van der Waals surface area (Å²) in [6, 6.07) is 13.9. The molecule has 0 heterocycles. The van der Waals surface area contributed by atoms with Crippen LogP contribution in [-0.4, -0.2) is 6.26 Å². The van der Waals surface area contributed by atoms with Gasteiger partial charge in [-0.1, -0.05) is 30.3 Å². The third-order valence-corrected chi connectivity index (χ3v) is 4.14. The number of thioether (sulfide) groups is 1. The van der Waals surface area contributed by atoms with Gasteiger partial charge in [-0.3, -0.25) is 0 Å². The molecule has 0 aromatic heterocycles. The summed E-state index contributed by atoms with van der Waals surface area (Å²) >= 11 is 1.48. The van der Waals surface area contributed by atoms with Crippen molar-refractivity contribution in [2.45, 2.75) is 11.8 Å². The number of anilines is 1. The monoisotopic (exact) mass is 279 g/mol. The SMILES string of the molecule is CSc1c(C)c(-c2ccccc2)c(C#N)c(N)c1C#N. The highest BCUT2D eigenvalue weighted by Gasteiger charge is 2.20. The molecule has 0 saturated heterocycles. The Balaban J connectivity index is 2.93. The number of nitriles is 2. The van der Waals surface area contributed by atoms with E-state index in [0.717, 1.165) is 21.6 Å². The first-order valence-corrected chi connectivity index (χ1v) is 7.23. The van der Waals surface area contributed by atoms with E-state index in [0.29, 0.717) is 11.1 Å². The number of hydrogen-bond donors (Lipinski definition) is 1. The van der Waals surface area contributed by atoms with Gasteiger partial charge in [0.1, 0.15) is 12.1 Å². The molecule has 0 aliphatic carbocycles. The number of nitrogens with two attached hydrogens (primary N) is 1. The Morgan fingerprint density at radius 1 is 1.05 bits per heavy atom. The molecule has 98 valence electrons. The normalized spacial score (nSPS) is 9.80. The van der Waals surface area contributed by atoms with E-state index in [2.05, 4.69) is 12.1 Å². The van der Waals surface area contributed by atoms with Gasteiger partial charge in [0, 0.05) is 10.5 Å². The van der Waals surface area contributed by atoms with Crippen LogP contribution in [0.25, 0.3) is 11.1 Å². The fourth-order valence-corrected chi connectivity index (χ4v) is 3.09. The van der Waals surface area contributed by atoms with Crippen LogP contribution in [0.1, 0.15) is 16.7 Å². The zero-order valence-corrected chi connectivity index (χ0v) is 12.1. The minimum atomic E-state index is 0.267. The van der Waals surface area contributed by atoms with Gasteiger partial charge in [-0.15, -0.1) is 11.8 Å². The molecule has 0 spiro atoms. The molecule has 2 aromatic carbocycles. The molecule has 20 heavy (non-hydrogen) atoms. The predicted molar refractivity (Wildman–Crippen MR) is 82.2 cm³/mol. The van der Waals surface area contributed by atoms with Crippen molar-refractivity contribution in [1.29, 1.82) is 10.5 Å². The van der Waals surface area contributed by atoms with Crippen LogP contribution in [0.4, 0.5) is 5.69 Å². The van der Waals surface area contributed by atoms with Crippen molar-refractivity contribution in [2.75, 3.05) is 12.0 Å². The van der Waals surface area contributed by atoms with Crippen LogP contribution in [-0.2, 0) is 0 Å². The second kappa shape index (κ2) is 5.69. The summed E-state index contributed by atoms with van der Waals surface area (Å²) in [7, 11) is 0. The maximum absolute atomic E-state index is 9.42. The number of nitrogens with zero attached hydrogens (tertiary/aromatic N) is 2. The van der Waals surface area contributed by atoms with Gasteiger partial charge < -0.3 is 5.73 Å². The van der Waals surface area contributed by atoms with E-state index >= 15 is 0 Å². The van der Waals surface area contributed by atoms with E-state index in [-0.39, 0.29) is 5.69 Å². The van der Waals surface area contributed by atoms with Crippen molar-refractivity contribution in [2.24, 2.45) is 0 Å². The van der Waals surface area contributed by atoms with Gasteiger partial charge in [0.2, 0.25) is 0 Å². The quantitative estimate of drug-likeness (QED) is 0.671. The van der Waals surface area contributed by atoms with E-state index in [1.807, 2.05) is 43.5 Å². The number of hydrogen-bond acceptors (Lipinski definition) is 4. The minimum Gasteiger partial charge on any atom is -0.397 e. The van der Waals surface area contributed by atoms with E-state index < -0.39 is 0 Å². The Kier molecular flexibility index (Phi) is 3.98. The molecule has 0 atom stereocenters. The van der Waals surface area contributed by atoms with Crippen LogP contribution in [0, 0.1) is 29.6 Å². The number of rotatable bonds is 2. The molecule has 0 aliphatic rings. The average Bonchev–Trinajstić information content (AvgIpc) is 2.49. The molecule has 0 saturated carbocycles. The van der Waals surface area contributed by atoms with Crippen molar-refractivity contribution in [3.05, 3.63) is 47.0 Å². The summed E-state index contributed by atoms with van der Waals surface area (Å²) in [5.74, 6) is 0. The van der Waals surface area contributed by atoms with Crippen LogP contribution in [0.5, 0.6) is 0 Å². The van der Waals surface area contributed by atoms with Crippen molar-refractivity contribution >= 4 is 17.4 Å². The van der Waals surface area contributed by atoms with Crippen molar-refractivity contribution < 1.29 is 0 Å². The van der Waals surface area contributed by atoms with E-state index in [1.54, 1.807) is 0 Å². The lowest BCUT2D eigenvalue weighted by molar-refractivity contribution is 1.26. The topological polar surface area (TPSA) is 73.6 Å². The molecule has 0 unspecified atom stereocenters. The van der Waals surface area contributed by atoms with Gasteiger partial charge in [0.15, 0.2) is 0 Å². The molecule has 3 nitrogen and oxygen atoms in total. The lowest BCUT2D eigenvalue weighted by Gasteiger charge is -2.16. The highest BCUT2D eigenvalue weighted by Crippen LogP contribution is 2.39. The number of nitrogen functional groups attached to an aromatic ring is 1. The molecule has 0 radical (unpaired) electrons. The smallest absolute Gasteiger partial charge is 0.103 e. The first-order valence-electron chi connectivity index (χ1n) is 6.01. The van der Waals surface area contributed by atoms with Crippen LogP contribution < -0.4 is 5.73 Å². The summed E-state index contributed by atoms with van der Waals surface area (Å²) in [6.45, 7) is 1.93. The summed E-state index contributed by atoms with van der Waals surface area (Å²) < 4.78 is 0. The third-order valence-electron chi connectivity index (χ3n) is 3.22. The molecular weight excluding hydrogens is 266 g/mol. The Morgan fingerprint density at radius 2 is 1.65 bits per heavy atom. The van der Waals surface area contributed by atoms with Crippen molar-refractivity contribution in [3.8, 4) is 23.3 Å². The van der Waals surface area contributed by atoms with Crippen molar-refractivity contribution in [3.63, 3.8) is 0 Å². The van der Waals surface area contributed by atoms with Crippen LogP contribution in [0.2, 0.25) is 0 Å². The Morgan fingerprint density at radius 3 is 2.15 bits per heavy atom. The van der Waals surface area contributed by atoms with E-state index in [4.69, 9.17) is 5.73 Å². The van der Waals surface area contributed by atoms with Crippen molar-refractivity contribution in [1.82, 2.24) is 0 Å². The average molecular weight is 279 g/mol. The number of benzene rings is 2. The third kappa shape index (κ3) is 2.11. The highest BCUT2D eigenvalue weighted by molar-refractivity contribution is 7.98. The molecule has 2 N–H and O–H groups in total. The predicted octanol–water partition coefficient (Wildman–Crippen LogP) is 3.71. The first-order chi connectivity index (χ1) is 9.65. The van der Waals surface area contributed by atoms with Gasteiger partial charge in [-0.2, -0.15) is 10.5 Å². The van der Waals surface area contributed by atoms with Gasteiger partial charge in [-0.25, -0.2) is 0 Å². The largest absolute Gasteiger partial charge is 0.397 e. The second-order valence-electron chi connectivity index (χ2n) is 4.29. The molecule has 0 fully saturated rings. The Bertz CT molecular complexity index is 734.